The van der Waals surface area contributed by atoms with Crippen LogP contribution in [0, 0.1) is 6.92 Å². The van der Waals surface area contributed by atoms with Crippen LogP contribution in [0.1, 0.15) is 24.9 Å². The fraction of sp³-hybridized carbons (Fsp3) is 0.200. The van der Waals surface area contributed by atoms with Crippen molar-refractivity contribution in [3.05, 3.63) is 64.8 Å². The number of benzene rings is 1. The minimum Gasteiger partial charge on any atom is -0.324 e. The van der Waals surface area contributed by atoms with Gasteiger partial charge in [0.25, 0.3) is 5.56 Å². The molecule has 27 heavy (non-hydrogen) atoms. The van der Waals surface area contributed by atoms with Gasteiger partial charge in [-0.15, -0.1) is 11.3 Å². The van der Waals surface area contributed by atoms with Crippen LogP contribution in [0.15, 0.2) is 53.7 Å². The van der Waals surface area contributed by atoms with Crippen molar-refractivity contribution in [1.82, 2.24) is 14.5 Å². The number of hydrogen-bond donors (Lipinski definition) is 1. The second kappa shape index (κ2) is 6.92. The van der Waals surface area contributed by atoms with Crippen LogP contribution < -0.4 is 10.9 Å². The number of hydrogen-bond acceptors (Lipinski definition) is 5. The highest BCUT2D eigenvalue weighted by molar-refractivity contribution is 7.25. The van der Waals surface area contributed by atoms with Crippen molar-refractivity contribution in [3.8, 4) is 0 Å². The molecule has 0 spiro atoms. The highest BCUT2D eigenvalue weighted by atomic mass is 32.1. The SMILES string of the molecule is CCC(C(=O)Nc1cccc(C)c1)n1cnc2c(sc3ncccc32)c1=O. The van der Waals surface area contributed by atoms with Crippen LogP contribution in [0.3, 0.4) is 0 Å². The number of carbonyl (C=O) groups is 1. The van der Waals surface area contributed by atoms with E-state index in [0.29, 0.717) is 22.3 Å². The molecule has 0 radical (unpaired) electrons. The fourth-order valence-corrected chi connectivity index (χ4v) is 4.19. The van der Waals surface area contributed by atoms with Gasteiger partial charge in [-0.25, -0.2) is 9.97 Å². The molecule has 0 saturated heterocycles. The van der Waals surface area contributed by atoms with Gasteiger partial charge in [-0.1, -0.05) is 19.1 Å². The zero-order chi connectivity index (χ0) is 19.0. The molecule has 0 fully saturated rings. The van der Waals surface area contributed by atoms with Crippen molar-refractivity contribution >= 4 is 43.4 Å². The highest BCUT2D eigenvalue weighted by Gasteiger charge is 2.22. The van der Waals surface area contributed by atoms with Crippen molar-refractivity contribution in [2.24, 2.45) is 0 Å². The number of anilines is 1. The summed E-state index contributed by atoms with van der Waals surface area (Å²) in [6.45, 7) is 3.84. The Bertz CT molecular complexity index is 1210. The van der Waals surface area contributed by atoms with Gasteiger partial charge in [0.1, 0.15) is 15.6 Å². The molecule has 1 atom stereocenters. The summed E-state index contributed by atoms with van der Waals surface area (Å²) in [7, 11) is 0. The van der Waals surface area contributed by atoms with E-state index in [0.717, 1.165) is 15.8 Å². The molecule has 0 bridgehead atoms. The van der Waals surface area contributed by atoms with E-state index in [9.17, 15) is 9.59 Å². The van der Waals surface area contributed by atoms with E-state index >= 15 is 0 Å². The number of nitrogens with zero attached hydrogens (tertiary/aromatic N) is 3. The molecule has 1 unspecified atom stereocenters. The maximum Gasteiger partial charge on any atom is 0.272 e. The molecule has 4 rings (SSSR count). The Labute approximate surface area is 159 Å². The molecule has 7 heteroatoms. The Hall–Kier alpha value is -3.06. The van der Waals surface area contributed by atoms with Crippen LogP contribution >= 0.6 is 11.3 Å². The number of amides is 1. The van der Waals surface area contributed by atoms with Crippen molar-refractivity contribution < 1.29 is 4.79 Å². The first-order valence-electron chi connectivity index (χ1n) is 8.70. The van der Waals surface area contributed by atoms with Crippen LogP contribution in [0.4, 0.5) is 5.69 Å². The quantitative estimate of drug-likeness (QED) is 0.584. The summed E-state index contributed by atoms with van der Waals surface area (Å²) in [5.41, 5.74) is 2.19. The van der Waals surface area contributed by atoms with Crippen LogP contribution in [0.25, 0.3) is 20.4 Å². The van der Waals surface area contributed by atoms with Gasteiger partial charge in [0.05, 0.1) is 11.8 Å². The summed E-state index contributed by atoms with van der Waals surface area (Å²) in [6, 6.07) is 10.7. The monoisotopic (exact) mass is 378 g/mol. The van der Waals surface area contributed by atoms with Crippen molar-refractivity contribution in [2.45, 2.75) is 26.3 Å². The van der Waals surface area contributed by atoms with Gasteiger partial charge in [-0.3, -0.25) is 14.2 Å². The van der Waals surface area contributed by atoms with E-state index in [2.05, 4.69) is 15.3 Å². The summed E-state index contributed by atoms with van der Waals surface area (Å²) in [5, 5.41) is 3.76. The molecular weight excluding hydrogens is 360 g/mol. The summed E-state index contributed by atoms with van der Waals surface area (Å²) in [5.74, 6) is -0.231. The van der Waals surface area contributed by atoms with Gasteiger partial charge in [0, 0.05) is 17.3 Å². The molecule has 0 aliphatic rings. The number of aromatic nitrogens is 3. The number of fused-ring (bicyclic) bond motifs is 3. The molecule has 3 aromatic heterocycles. The smallest absolute Gasteiger partial charge is 0.272 e. The molecule has 0 saturated carbocycles. The average Bonchev–Trinajstić information content (AvgIpc) is 3.04. The molecule has 1 amide bonds. The van der Waals surface area contributed by atoms with Crippen molar-refractivity contribution in [2.75, 3.05) is 5.32 Å². The first-order valence-corrected chi connectivity index (χ1v) is 9.52. The normalized spacial score (nSPS) is 12.4. The zero-order valence-corrected chi connectivity index (χ0v) is 15.8. The maximum atomic E-state index is 13.0. The molecule has 3 heterocycles. The van der Waals surface area contributed by atoms with Gasteiger partial charge < -0.3 is 5.32 Å². The molecule has 136 valence electrons. The van der Waals surface area contributed by atoms with Crippen molar-refractivity contribution in [3.63, 3.8) is 0 Å². The van der Waals surface area contributed by atoms with Gasteiger partial charge in [-0.2, -0.15) is 0 Å². The lowest BCUT2D eigenvalue weighted by molar-refractivity contribution is -0.119. The lowest BCUT2D eigenvalue weighted by atomic mass is 10.1. The van der Waals surface area contributed by atoms with Crippen LogP contribution in [-0.2, 0) is 4.79 Å². The highest BCUT2D eigenvalue weighted by Crippen LogP contribution is 2.28. The van der Waals surface area contributed by atoms with E-state index in [1.807, 2.05) is 50.2 Å². The number of aryl methyl sites for hydroxylation is 1. The van der Waals surface area contributed by atoms with Crippen LogP contribution in [-0.4, -0.2) is 20.4 Å². The standard InChI is InChI=1S/C20H18N4O2S/c1-3-15(18(25)23-13-7-4-6-12(2)10-13)24-11-22-16-14-8-5-9-21-19(14)27-17(16)20(24)26/h4-11,15H,3H2,1-2H3,(H,23,25). The number of thiophene rings is 1. The third-order valence-corrected chi connectivity index (χ3v) is 5.58. The van der Waals surface area contributed by atoms with E-state index in [1.165, 1.54) is 22.2 Å². The summed E-state index contributed by atoms with van der Waals surface area (Å²) < 4.78 is 1.94. The maximum absolute atomic E-state index is 13.0. The molecule has 1 N–H and O–H groups in total. The summed E-state index contributed by atoms with van der Waals surface area (Å²) in [6.07, 6.45) is 3.64. The minimum atomic E-state index is -0.631. The fourth-order valence-electron chi connectivity index (χ4n) is 3.16. The molecule has 0 aliphatic carbocycles. The number of carbonyl (C=O) groups excluding carboxylic acids is 1. The Kier molecular flexibility index (Phi) is 4.45. The van der Waals surface area contributed by atoms with E-state index in [4.69, 9.17) is 0 Å². The Morgan fingerprint density at radius 3 is 2.89 bits per heavy atom. The second-order valence-electron chi connectivity index (χ2n) is 6.38. The third kappa shape index (κ3) is 3.10. The Balaban J connectivity index is 1.74. The predicted molar refractivity (Wildman–Crippen MR) is 108 cm³/mol. The van der Waals surface area contributed by atoms with Gasteiger partial charge in [-0.05, 0) is 43.2 Å². The van der Waals surface area contributed by atoms with Crippen LogP contribution in [0.2, 0.25) is 0 Å². The van der Waals surface area contributed by atoms with Gasteiger partial charge in [0.15, 0.2) is 0 Å². The molecule has 1 aromatic carbocycles. The minimum absolute atomic E-state index is 0.214. The topological polar surface area (TPSA) is 76.9 Å². The largest absolute Gasteiger partial charge is 0.324 e. The lowest BCUT2D eigenvalue weighted by Gasteiger charge is -2.17. The average molecular weight is 378 g/mol. The summed E-state index contributed by atoms with van der Waals surface area (Å²) >= 11 is 1.31. The van der Waals surface area contributed by atoms with Crippen LogP contribution in [0.5, 0.6) is 0 Å². The molecule has 0 aliphatic heterocycles. The van der Waals surface area contributed by atoms with E-state index < -0.39 is 6.04 Å². The Morgan fingerprint density at radius 1 is 1.26 bits per heavy atom. The number of rotatable bonds is 4. The molecule has 6 nitrogen and oxygen atoms in total. The third-order valence-electron chi connectivity index (χ3n) is 4.49. The van der Waals surface area contributed by atoms with E-state index in [1.54, 1.807) is 6.20 Å². The molecular formula is C20H18N4O2S. The first kappa shape index (κ1) is 17.4. The number of pyridine rings is 1. The summed E-state index contributed by atoms with van der Waals surface area (Å²) in [4.78, 5) is 35.4. The first-order chi connectivity index (χ1) is 13.1. The Morgan fingerprint density at radius 2 is 2.11 bits per heavy atom. The van der Waals surface area contributed by atoms with Gasteiger partial charge >= 0.3 is 0 Å². The predicted octanol–water partition coefficient (Wildman–Crippen LogP) is 3.90. The van der Waals surface area contributed by atoms with E-state index in [-0.39, 0.29) is 11.5 Å². The van der Waals surface area contributed by atoms with Crippen molar-refractivity contribution in [1.29, 1.82) is 0 Å². The molecule has 4 aromatic rings. The number of nitrogens with one attached hydrogen (secondary N) is 1. The lowest BCUT2D eigenvalue weighted by Crippen LogP contribution is -2.33. The zero-order valence-electron chi connectivity index (χ0n) is 15.0. The van der Waals surface area contributed by atoms with Gasteiger partial charge in [0.2, 0.25) is 5.91 Å². The second-order valence-corrected chi connectivity index (χ2v) is 7.37.